The second-order valence-corrected chi connectivity index (χ2v) is 6.46. The van der Waals surface area contributed by atoms with Crippen molar-refractivity contribution in [2.75, 3.05) is 13.2 Å². The van der Waals surface area contributed by atoms with Crippen LogP contribution in [0.2, 0.25) is 0 Å². The smallest absolute Gasteiger partial charge is 0.358 e. The van der Waals surface area contributed by atoms with Gasteiger partial charge in [0, 0.05) is 6.54 Å². The first-order valence-electron chi connectivity index (χ1n) is 4.93. The van der Waals surface area contributed by atoms with Gasteiger partial charge < -0.3 is 19.9 Å². The van der Waals surface area contributed by atoms with Gasteiger partial charge in [-0.3, -0.25) is 4.52 Å². The molecule has 0 aromatic carbocycles. The fourth-order valence-electron chi connectivity index (χ4n) is 1.16. The highest BCUT2D eigenvalue weighted by Gasteiger charge is 2.21. The van der Waals surface area contributed by atoms with Crippen molar-refractivity contribution in [2.45, 2.75) is 5.88 Å². The second kappa shape index (κ2) is 6.39. The van der Waals surface area contributed by atoms with Crippen molar-refractivity contribution in [3.05, 3.63) is 22.6 Å². The third-order valence-electron chi connectivity index (χ3n) is 1.87. The summed E-state index contributed by atoms with van der Waals surface area (Å²) >= 11 is 0. The molecule has 0 aliphatic carbocycles. The first-order valence-corrected chi connectivity index (χ1v) is 8.11. The first-order chi connectivity index (χ1) is 9.11. The van der Waals surface area contributed by atoms with E-state index in [-0.39, 0.29) is 0 Å². The van der Waals surface area contributed by atoms with E-state index in [1.807, 2.05) is 4.72 Å². The Morgan fingerprint density at radius 3 is 2.75 bits per heavy atom. The molecule has 0 atom stereocenters. The first kappa shape index (κ1) is 16.7. The molecule has 0 spiro atoms. The third kappa shape index (κ3) is 5.73. The number of phosphoric ester groups is 1. The average molecular weight is 330 g/mol. The van der Waals surface area contributed by atoms with Gasteiger partial charge in [-0.1, -0.05) is 0 Å². The summed E-state index contributed by atoms with van der Waals surface area (Å²) in [6.07, 6.45) is 1.87. The Morgan fingerprint density at radius 2 is 2.20 bits per heavy atom. The Labute approximate surface area is 112 Å². The molecule has 14 heteroatoms. The van der Waals surface area contributed by atoms with Gasteiger partial charge in [0.25, 0.3) is 10.0 Å². The molecule has 1 aromatic rings. The molecule has 12 nitrogen and oxygen atoms in total. The highest BCUT2D eigenvalue weighted by molar-refractivity contribution is 7.88. The van der Waals surface area contributed by atoms with Gasteiger partial charge >= 0.3 is 13.6 Å². The summed E-state index contributed by atoms with van der Waals surface area (Å²) in [6.45, 7) is -0.939. The third-order valence-corrected chi connectivity index (χ3v) is 3.65. The Bertz CT molecular complexity index is 621. The SMILES string of the molecule is O=[N+]([O-])c1cncn1CS(=O)(=O)NCCOP(=O)(O)O. The molecule has 0 fully saturated rings. The van der Waals surface area contributed by atoms with Crippen LogP contribution >= 0.6 is 7.82 Å². The minimum Gasteiger partial charge on any atom is -0.358 e. The van der Waals surface area contributed by atoms with E-state index in [2.05, 4.69) is 9.51 Å². The van der Waals surface area contributed by atoms with Crippen molar-refractivity contribution in [1.29, 1.82) is 0 Å². The molecule has 0 saturated carbocycles. The van der Waals surface area contributed by atoms with E-state index < -0.39 is 47.6 Å². The van der Waals surface area contributed by atoms with Crippen LogP contribution in [0.4, 0.5) is 5.82 Å². The molecule has 0 amide bonds. The quantitative estimate of drug-likeness (QED) is 0.228. The van der Waals surface area contributed by atoms with Crippen LogP contribution in [0.5, 0.6) is 0 Å². The van der Waals surface area contributed by atoms with Crippen LogP contribution in [0.25, 0.3) is 0 Å². The maximum absolute atomic E-state index is 11.6. The number of rotatable bonds is 8. The second-order valence-electron chi connectivity index (χ2n) is 3.44. The predicted molar refractivity (Wildman–Crippen MR) is 63.8 cm³/mol. The van der Waals surface area contributed by atoms with Crippen molar-refractivity contribution >= 4 is 23.7 Å². The van der Waals surface area contributed by atoms with Gasteiger partial charge in [0.15, 0.2) is 6.33 Å². The summed E-state index contributed by atoms with van der Waals surface area (Å²) in [5.74, 6) is -1.25. The molecule has 20 heavy (non-hydrogen) atoms. The van der Waals surface area contributed by atoms with Crippen molar-refractivity contribution in [1.82, 2.24) is 14.3 Å². The van der Waals surface area contributed by atoms with Crippen LogP contribution in [0.3, 0.4) is 0 Å². The van der Waals surface area contributed by atoms with E-state index in [9.17, 15) is 23.1 Å². The summed E-state index contributed by atoms with van der Waals surface area (Å²) < 4.78 is 40.3. The number of nitrogens with one attached hydrogen (secondary N) is 1. The van der Waals surface area contributed by atoms with Crippen molar-refractivity contribution in [3.8, 4) is 0 Å². The van der Waals surface area contributed by atoms with Crippen LogP contribution < -0.4 is 4.72 Å². The Balaban J connectivity index is 2.56. The molecule has 0 aliphatic rings. The van der Waals surface area contributed by atoms with E-state index in [1.165, 1.54) is 0 Å². The number of phosphoric acid groups is 1. The van der Waals surface area contributed by atoms with Gasteiger partial charge in [-0.15, -0.1) is 0 Å². The number of nitrogens with zero attached hydrogens (tertiary/aromatic N) is 3. The van der Waals surface area contributed by atoms with E-state index in [1.54, 1.807) is 0 Å². The van der Waals surface area contributed by atoms with Crippen LogP contribution in [0.15, 0.2) is 12.5 Å². The Kier molecular flexibility index (Phi) is 5.33. The number of sulfonamides is 1. The summed E-state index contributed by atoms with van der Waals surface area (Å²) in [7, 11) is -8.61. The molecule has 0 radical (unpaired) electrons. The lowest BCUT2D eigenvalue weighted by Gasteiger charge is -2.07. The number of imidazole rings is 1. The highest BCUT2D eigenvalue weighted by atomic mass is 32.2. The highest BCUT2D eigenvalue weighted by Crippen LogP contribution is 2.35. The van der Waals surface area contributed by atoms with E-state index in [4.69, 9.17) is 9.79 Å². The molecule has 0 saturated heterocycles. The fourth-order valence-corrected chi connectivity index (χ4v) is 2.54. The van der Waals surface area contributed by atoms with Gasteiger partial charge in [-0.05, 0) is 4.92 Å². The molecule has 114 valence electrons. The molecule has 0 bridgehead atoms. The summed E-state index contributed by atoms with van der Waals surface area (Å²) in [5.41, 5.74) is 0. The zero-order valence-corrected chi connectivity index (χ0v) is 11.5. The number of hydrogen-bond acceptors (Lipinski definition) is 7. The molecule has 1 rings (SSSR count). The summed E-state index contributed by atoms with van der Waals surface area (Å²) in [5, 5.41) is 10.6. The lowest BCUT2D eigenvalue weighted by Crippen LogP contribution is -2.30. The van der Waals surface area contributed by atoms with Gasteiger partial charge in [0.1, 0.15) is 6.20 Å². The van der Waals surface area contributed by atoms with Crippen LogP contribution in [-0.2, 0) is 25.0 Å². The van der Waals surface area contributed by atoms with Crippen LogP contribution in [0.1, 0.15) is 0 Å². The number of nitro groups is 1. The maximum atomic E-state index is 11.6. The molecular weight excluding hydrogens is 319 g/mol. The minimum atomic E-state index is -4.66. The molecule has 1 aromatic heterocycles. The lowest BCUT2D eigenvalue weighted by molar-refractivity contribution is -0.391. The monoisotopic (exact) mass is 330 g/mol. The van der Waals surface area contributed by atoms with Gasteiger partial charge in [0.2, 0.25) is 5.88 Å². The molecular formula is C6H11N4O8PS. The van der Waals surface area contributed by atoms with E-state index in [0.29, 0.717) is 0 Å². The van der Waals surface area contributed by atoms with Crippen molar-refractivity contribution < 1.29 is 32.2 Å². The normalized spacial score (nSPS) is 12.5. The molecule has 0 unspecified atom stereocenters. The predicted octanol–water partition coefficient (Wildman–Crippen LogP) is -1.22. The average Bonchev–Trinajstić information content (AvgIpc) is 2.70. The van der Waals surface area contributed by atoms with Crippen molar-refractivity contribution in [3.63, 3.8) is 0 Å². The molecule has 1 heterocycles. The Hall–Kier alpha value is -1.37. The summed E-state index contributed by atoms with van der Waals surface area (Å²) in [6, 6.07) is 0. The fraction of sp³-hybridized carbons (Fsp3) is 0.500. The zero-order valence-electron chi connectivity index (χ0n) is 9.82. The standard InChI is InChI=1S/C6H11N4O8PS/c11-10(12)6-3-7-4-9(6)5-20(16,17)8-1-2-18-19(13,14)15/h3-4,8H,1-2,5H2,(H2,13,14,15). The van der Waals surface area contributed by atoms with E-state index >= 15 is 0 Å². The van der Waals surface area contributed by atoms with Gasteiger partial charge in [-0.25, -0.2) is 22.7 Å². The van der Waals surface area contributed by atoms with Crippen LogP contribution in [0, 0.1) is 10.1 Å². The molecule has 0 aliphatic heterocycles. The number of hydrogen-bond donors (Lipinski definition) is 3. The lowest BCUT2D eigenvalue weighted by atomic mass is 10.8. The maximum Gasteiger partial charge on any atom is 0.469 e. The zero-order chi connectivity index (χ0) is 15.4. The largest absolute Gasteiger partial charge is 0.469 e. The topological polar surface area (TPSA) is 174 Å². The molecule has 3 N–H and O–H groups in total. The van der Waals surface area contributed by atoms with Gasteiger partial charge in [-0.2, -0.15) is 4.57 Å². The van der Waals surface area contributed by atoms with Crippen LogP contribution in [-0.4, -0.2) is 45.8 Å². The summed E-state index contributed by atoms with van der Waals surface area (Å²) in [4.78, 5) is 30.0. The van der Waals surface area contributed by atoms with Gasteiger partial charge in [0.05, 0.1) is 6.61 Å². The number of aromatic nitrogens is 2. The van der Waals surface area contributed by atoms with E-state index in [0.717, 1.165) is 17.1 Å². The minimum absolute atomic E-state index is 0.393. The Morgan fingerprint density at radius 1 is 1.55 bits per heavy atom. The van der Waals surface area contributed by atoms with Crippen molar-refractivity contribution in [2.24, 2.45) is 0 Å².